The first-order valence-corrected chi connectivity index (χ1v) is 18.2. The zero-order valence-electron chi connectivity index (χ0n) is 28.4. The molecule has 0 saturated carbocycles. The second-order valence-electron chi connectivity index (χ2n) is 12.7. The number of nitrogens with one attached hydrogen (secondary N) is 1. The van der Waals surface area contributed by atoms with E-state index >= 15 is 0 Å². The summed E-state index contributed by atoms with van der Waals surface area (Å²) in [5, 5.41) is 0. The summed E-state index contributed by atoms with van der Waals surface area (Å²) in [5.74, 6) is 2.78. The van der Waals surface area contributed by atoms with Gasteiger partial charge in [-0.15, -0.1) is 0 Å². The molecule has 0 aliphatic rings. The van der Waals surface area contributed by atoms with Crippen LogP contribution in [0, 0.1) is 6.92 Å². The molecule has 0 spiro atoms. The van der Waals surface area contributed by atoms with Gasteiger partial charge in [-0.05, 0) is 68.3 Å². The molecule has 0 aliphatic heterocycles. The van der Waals surface area contributed by atoms with Gasteiger partial charge in [-0.3, -0.25) is 0 Å². The van der Waals surface area contributed by atoms with Gasteiger partial charge in [0.1, 0.15) is 17.3 Å². The topological polar surface area (TPSA) is 47.1 Å². The Labute approximate surface area is 269 Å². The molecule has 1 heterocycles. The van der Waals surface area contributed by atoms with E-state index in [1.165, 1.54) is 116 Å². The molecule has 0 unspecified atom stereocenters. The van der Waals surface area contributed by atoms with E-state index in [1.807, 2.05) is 6.92 Å². The smallest absolute Gasteiger partial charge is 0.119 e. The summed E-state index contributed by atoms with van der Waals surface area (Å²) in [7, 11) is 0. The van der Waals surface area contributed by atoms with Crippen LogP contribution in [0.1, 0.15) is 148 Å². The maximum absolute atomic E-state index is 6.04. The fraction of sp³-hybridized carbons (Fsp3) is 0.625. The summed E-state index contributed by atoms with van der Waals surface area (Å²) >= 11 is 0. The summed E-state index contributed by atoms with van der Waals surface area (Å²) < 4.78 is 12.1. The maximum atomic E-state index is 6.04. The normalized spacial score (nSPS) is 11.2. The van der Waals surface area contributed by atoms with Crippen molar-refractivity contribution in [3.8, 4) is 34.0 Å². The van der Waals surface area contributed by atoms with Crippen LogP contribution in [0.15, 0.2) is 48.5 Å². The molecule has 0 aliphatic carbocycles. The van der Waals surface area contributed by atoms with E-state index in [1.54, 1.807) is 0 Å². The molecule has 0 saturated heterocycles. The average molecular weight is 603 g/mol. The Bertz CT molecular complexity index is 1020. The molecule has 0 amide bonds. The SMILES string of the molecule is CCCCCCCCCCCCOc1ccc(-c2nc(C)[nH]c2-c2ccc(OCCCCCCCCCCCC)cc2)cc1. The van der Waals surface area contributed by atoms with Crippen LogP contribution in [-0.2, 0) is 0 Å². The van der Waals surface area contributed by atoms with E-state index in [-0.39, 0.29) is 0 Å². The molecule has 0 atom stereocenters. The van der Waals surface area contributed by atoms with E-state index in [2.05, 4.69) is 67.4 Å². The van der Waals surface area contributed by atoms with Crippen molar-refractivity contribution in [2.24, 2.45) is 0 Å². The summed E-state index contributed by atoms with van der Waals surface area (Å²) in [4.78, 5) is 8.30. The van der Waals surface area contributed by atoms with Gasteiger partial charge >= 0.3 is 0 Å². The van der Waals surface area contributed by atoms with Gasteiger partial charge in [0.2, 0.25) is 0 Å². The van der Waals surface area contributed by atoms with Crippen LogP contribution in [0.2, 0.25) is 0 Å². The van der Waals surface area contributed by atoms with Crippen LogP contribution in [-0.4, -0.2) is 23.2 Å². The number of rotatable bonds is 26. The van der Waals surface area contributed by atoms with Gasteiger partial charge in [0.25, 0.3) is 0 Å². The summed E-state index contributed by atoms with van der Waals surface area (Å²) in [6.45, 7) is 8.15. The van der Waals surface area contributed by atoms with Crippen LogP contribution in [0.25, 0.3) is 22.5 Å². The molecule has 244 valence electrons. The van der Waals surface area contributed by atoms with Crippen LogP contribution in [0.4, 0.5) is 0 Å². The van der Waals surface area contributed by atoms with E-state index in [0.717, 1.165) is 65.9 Å². The lowest BCUT2D eigenvalue weighted by molar-refractivity contribution is 0.304. The highest BCUT2D eigenvalue weighted by Crippen LogP contribution is 2.32. The fourth-order valence-corrected chi connectivity index (χ4v) is 5.90. The summed E-state index contributed by atoms with van der Waals surface area (Å²) in [6, 6.07) is 16.8. The molecular formula is C40H62N2O2. The minimum Gasteiger partial charge on any atom is -0.494 e. The summed E-state index contributed by atoms with van der Waals surface area (Å²) in [6.07, 6.45) is 26.8. The number of aromatic amines is 1. The Balaban J connectivity index is 1.35. The summed E-state index contributed by atoms with van der Waals surface area (Å²) in [5.41, 5.74) is 4.23. The zero-order chi connectivity index (χ0) is 31.1. The van der Waals surface area contributed by atoms with Gasteiger partial charge in [-0.25, -0.2) is 4.98 Å². The minimum absolute atomic E-state index is 0.788. The molecule has 3 aromatic rings. The van der Waals surface area contributed by atoms with Crippen LogP contribution < -0.4 is 9.47 Å². The monoisotopic (exact) mass is 602 g/mol. The van der Waals surface area contributed by atoms with Crippen molar-refractivity contribution in [2.45, 2.75) is 149 Å². The van der Waals surface area contributed by atoms with Gasteiger partial charge in [-0.1, -0.05) is 129 Å². The number of ether oxygens (including phenoxy) is 2. The largest absolute Gasteiger partial charge is 0.494 e. The second kappa shape index (κ2) is 22.7. The van der Waals surface area contributed by atoms with E-state index in [0.29, 0.717) is 0 Å². The highest BCUT2D eigenvalue weighted by atomic mass is 16.5. The van der Waals surface area contributed by atoms with Crippen molar-refractivity contribution in [3.63, 3.8) is 0 Å². The Morgan fingerprint density at radius 3 is 1.25 bits per heavy atom. The molecule has 4 heteroatoms. The lowest BCUT2D eigenvalue weighted by atomic mass is 10.0. The molecule has 1 aromatic heterocycles. The van der Waals surface area contributed by atoms with Crippen molar-refractivity contribution in [3.05, 3.63) is 54.4 Å². The molecule has 3 rings (SSSR count). The lowest BCUT2D eigenvalue weighted by Gasteiger charge is -2.09. The number of hydrogen-bond acceptors (Lipinski definition) is 3. The van der Waals surface area contributed by atoms with Crippen molar-refractivity contribution < 1.29 is 9.47 Å². The first-order valence-electron chi connectivity index (χ1n) is 18.2. The number of benzene rings is 2. The minimum atomic E-state index is 0.788. The maximum Gasteiger partial charge on any atom is 0.119 e. The predicted octanol–water partition coefficient (Wildman–Crippen LogP) is 12.7. The Hall–Kier alpha value is -2.75. The van der Waals surface area contributed by atoms with Gasteiger partial charge in [0.05, 0.1) is 24.6 Å². The number of nitrogens with zero attached hydrogens (tertiary/aromatic N) is 1. The van der Waals surface area contributed by atoms with Crippen LogP contribution in [0.3, 0.4) is 0 Å². The quantitative estimate of drug-likeness (QED) is 0.0930. The third-order valence-corrected chi connectivity index (χ3v) is 8.63. The molecule has 0 radical (unpaired) electrons. The van der Waals surface area contributed by atoms with Gasteiger partial charge in [0.15, 0.2) is 0 Å². The van der Waals surface area contributed by atoms with Crippen molar-refractivity contribution in [2.75, 3.05) is 13.2 Å². The van der Waals surface area contributed by atoms with E-state index < -0.39 is 0 Å². The first kappa shape index (κ1) is 35.7. The van der Waals surface area contributed by atoms with Gasteiger partial charge < -0.3 is 14.5 Å². The molecule has 2 aromatic carbocycles. The van der Waals surface area contributed by atoms with Crippen molar-refractivity contribution in [1.29, 1.82) is 0 Å². The van der Waals surface area contributed by atoms with Gasteiger partial charge in [0, 0.05) is 11.1 Å². The molecule has 1 N–H and O–H groups in total. The molecular weight excluding hydrogens is 540 g/mol. The predicted molar refractivity (Wildman–Crippen MR) is 189 cm³/mol. The second-order valence-corrected chi connectivity index (χ2v) is 12.7. The number of aromatic nitrogens is 2. The number of imidazole rings is 1. The fourth-order valence-electron chi connectivity index (χ4n) is 5.90. The molecule has 0 fully saturated rings. The van der Waals surface area contributed by atoms with Crippen molar-refractivity contribution >= 4 is 0 Å². The molecule has 44 heavy (non-hydrogen) atoms. The standard InChI is InChI=1S/C40H62N2O2/c1-4-6-8-10-12-14-16-18-20-22-32-43-37-28-24-35(25-29-37)39-40(42-34(3)41-39)36-26-30-38(31-27-36)44-33-23-21-19-17-15-13-11-9-7-5-2/h24-31H,4-23,32-33H2,1-3H3,(H,41,42). The van der Waals surface area contributed by atoms with Crippen LogP contribution in [0.5, 0.6) is 11.5 Å². The highest BCUT2D eigenvalue weighted by molar-refractivity contribution is 5.78. The van der Waals surface area contributed by atoms with Gasteiger partial charge in [-0.2, -0.15) is 0 Å². The van der Waals surface area contributed by atoms with E-state index in [9.17, 15) is 0 Å². The zero-order valence-corrected chi connectivity index (χ0v) is 28.4. The third kappa shape index (κ3) is 14.4. The first-order chi connectivity index (χ1) is 21.7. The average Bonchev–Trinajstić information content (AvgIpc) is 3.44. The Morgan fingerprint density at radius 2 is 0.841 bits per heavy atom. The number of unbranched alkanes of at least 4 members (excludes halogenated alkanes) is 18. The third-order valence-electron chi connectivity index (χ3n) is 8.63. The molecule has 4 nitrogen and oxygen atoms in total. The number of hydrogen-bond donors (Lipinski definition) is 1. The van der Waals surface area contributed by atoms with E-state index in [4.69, 9.17) is 14.5 Å². The van der Waals surface area contributed by atoms with Crippen molar-refractivity contribution in [1.82, 2.24) is 9.97 Å². The molecule has 0 bridgehead atoms. The Morgan fingerprint density at radius 1 is 0.477 bits per heavy atom. The van der Waals surface area contributed by atoms with Crippen LogP contribution >= 0.6 is 0 Å². The number of aryl methyl sites for hydroxylation is 1. The Kier molecular flexibility index (Phi) is 18.4. The number of H-pyrrole nitrogens is 1. The lowest BCUT2D eigenvalue weighted by Crippen LogP contribution is -1.97. The highest BCUT2D eigenvalue weighted by Gasteiger charge is 2.13.